The molecule has 0 saturated carbocycles. The molecule has 1 aromatic carbocycles. The molecule has 2 N–H and O–H groups in total. The summed E-state index contributed by atoms with van der Waals surface area (Å²) < 4.78 is 4.83. The van der Waals surface area contributed by atoms with Crippen molar-refractivity contribution >= 4 is 17.7 Å². The normalized spacial score (nSPS) is 12.1. The lowest BCUT2D eigenvalue weighted by Gasteiger charge is -2.21. The number of anilines is 1. The van der Waals surface area contributed by atoms with Crippen LogP contribution in [0.4, 0.5) is 10.5 Å². The van der Waals surface area contributed by atoms with Crippen molar-refractivity contribution in [3.63, 3.8) is 0 Å². The summed E-state index contributed by atoms with van der Waals surface area (Å²) in [5, 5.41) is 5.42. The first-order chi connectivity index (χ1) is 10.3. The molecule has 0 aromatic heterocycles. The average Bonchev–Trinajstić information content (AvgIpc) is 2.45. The molecule has 0 unspecified atom stereocenters. The van der Waals surface area contributed by atoms with E-state index in [9.17, 15) is 9.59 Å². The Bertz CT molecular complexity index is 495. The van der Waals surface area contributed by atoms with Gasteiger partial charge in [-0.15, -0.1) is 0 Å². The van der Waals surface area contributed by atoms with Crippen LogP contribution >= 0.6 is 0 Å². The second kappa shape index (κ2) is 8.41. The van der Waals surface area contributed by atoms with Gasteiger partial charge in [-0.3, -0.25) is 4.79 Å². The molecule has 1 rings (SSSR count). The van der Waals surface area contributed by atoms with E-state index in [1.807, 2.05) is 38.1 Å². The molecule has 22 heavy (non-hydrogen) atoms. The number of benzene rings is 1. The highest BCUT2D eigenvalue weighted by Crippen LogP contribution is 2.17. The number of amides is 2. The number of hydrogen-bond donors (Lipinski definition) is 2. The quantitative estimate of drug-likeness (QED) is 0.845. The Hall–Kier alpha value is -2.04. The first-order valence-electron chi connectivity index (χ1n) is 7.69. The number of carbonyl (C=O) groups is 2. The van der Waals surface area contributed by atoms with Crippen LogP contribution in [0, 0.1) is 5.92 Å². The molecule has 5 nitrogen and oxygen atoms in total. The Morgan fingerprint density at radius 3 is 2.14 bits per heavy atom. The molecule has 0 aliphatic heterocycles. The van der Waals surface area contributed by atoms with Gasteiger partial charge in [0.05, 0.1) is 6.61 Å². The minimum atomic E-state index is -0.635. The van der Waals surface area contributed by atoms with E-state index in [0.717, 1.165) is 0 Å². The van der Waals surface area contributed by atoms with Gasteiger partial charge in [0.2, 0.25) is 5.91 Å². The van der Waals surface area contributed by atoms with Gasteiger partial charge in [-0.25, -0.2) is 4.79 Å². The van der Waals surface area contributed by atoms with E-state index in [4.69, 9.17) is 4.74 Å². The van der Waals surface area contributed by atoms with Crippen molar-refractivity contribution in [2.75, 3.05) is 11.9 Å². The van der Waals surface area contributed by atoms with Gasteiger partial charge in [-0.05, 0) is 36.5 Å². The summed E-state index contributed by atoms with van der Waals surface area (Å²) in [5.74, 6) is 0.151. The number of ether oxygens (including phenoxy) is 1. The molecule has 0 saturated heterocycles. The molecule has 0 aliphatic rings. The van der Waals surface area contributed by atoms with Crippen LogP contribution in [0.3, 0.4) is 0 Å². The summed E-state index contributed by atoms with van der Waals surface area (Å²) in [6, 6.07) is 7.08. The van der Waals surface area contributed by atoms with Crippen molar-refractivity contribution < 1.29 is 14.3 Å². The Balaban J connectivity index is 2.72. The van der Waals surface area contributed by atoms with E-state index in [1.165, 1.54) is 5.56 Å². The third-order valence-electron chi connectivity index (χ3n) is 3.34. The first-order valence-corrected chi connectivity index (χ1v) is 7.69. The monoisotopic (exact) mass is 306 g/mol. The van der Waals surface area contributed by atoms with Gasteiger partial charge in [-0.1, -0.05) is 39.8 Å². The zero-order chi connectivity index (χ0) is 16.7. The van der Waals surface area contributed by atoms with E-state index in [-0.39, 0.29) is 18.4 Å². The molecule has 0 heterocycles. The van der Waals surface area contributed by atoms with Gasteiger partial charge in [0.1, 0.15) is 6.04 Å². The Morgan fingerprint density at radius 2 is 1.68 bits per heavy atom. The van der Waals surface area contributed by atoms with Crippen LogP contribution in [-0.4, -0.2) is 24.6 Å². The van der Waals surface area contributed by atoms with Crippen molar-refractivity contribution in [3.05, 3.63) is 29.8 Å². The molecule has 0 spiro atoms. The second-order valence-electron chi connectivity index (χ2n) is 5.85. The highest BCUT2D eigenvalue weighted by Gasteiger charge is 2.24. The summed E-state index contributed by atoms with van der Waals surface area (Å²) in [6.45, 7) is 9.98. The van der Waals surface area contributed by atoms with Crippen LogP contribution in [0.25, 0.3) is 0 Å². The summed E-state index contributed by atoms with van der Waals surface area (Å²) in [6.07, 6.45) is -0.577. The van der Waals surface area contributed by atoms with Crippen LogP contribution in [-0.2, 0) is 9.53 Å². The maximum absolute atomic E-state index is 12.3. The largest absolute Gasteiger partial charge is 0.450 e. The summed E-state index contributed by atoms with van der Waals surface area (Å²) in [5.41, 5.74) is 1.92. The molecular formula is C17H26N2O3. The molecule has 0 bridgehead atoms. The zero-order valence-electron chi connectivity index (χ0n) is 14.0. The molecule has 5 heteroatoms. The molecule has 0 aliphatic carbocycles. The number of hydrogen-bond acceptors (Lipinski definition) is 3. The fourth-order valence-corrected chi connectivity index (χ4v) is 2.01. The van der Waals surface area contributed by atoms with Crippen LogP contribution < -0.4 is 10.6 Å². The Labute approximate surface area is 132 Å². The topological polar surface area (TPSA) is 67.4 Å². The van der Waals surface area contributed by atoms with Crippen molar-refractivity contribution in [3.8, 4) is 0 Å². The van der Waals surface area contributed by atoms with Gasteiger partial charge in [0.25, 0.3) is 0 Å². The Morgan fingerprint density at radius 1 is 1.09 bits per heavy atom. The average molecular weight is 306 g/mol. The van der Waals surface area contributed by atoms with Gasteiger partial charge in [-0.2, -0.15) is 0 Å². The molecule has 1 atom stereocenters. The third-order valence-corrected chi connectivity index (χ3v) is 3.34. The summed E-state index contributed by atoms with van der Waals surface area (Å²) in [4.78, 5) is 23.9. The number of carbonyl (C=O) groups excluding carboxylic acids is 2. The minimum Gasteiger partial charge on any atom is -0.450 e. The van der Waals surface area contributed by atoms with Gasteiger partial charge in [0, 0.05) is 5.69 Å². The lowest BCUT2D eigenvalue weighted by atomic mass is 10.0. The molecule has 1 aromatic rings. The standard InChI is InChI=1S/C17H26N2O3/c1-6-22-17(21)19-15(12(4)5)16(20)18-14-9-7-13(8-10-14)11(2)3/h7-12,15H,6H2,1-5H3,(H,18,20)(H,19,21)/t15-/m0/s1. The first kappa shape index (κ1) is 18.0. The lowest BCUT2D eigenvalue weighted by molar-refractivity contribution is -0.119. The van der Waals surface area contributed by atoms with E-state index in [1.54, 1.807) is 6.92 Å². The van der Waals surface area contributed by atoms with E-state index < -0.39 is 12.1 Å². The van der Waals surface area contributed by atoms with Gasteiger partial charge in [0.15, 0.2) is 0 Å². The number of alkyl carbamates (subject to hydrolysis) is 1. The zero-order valence-corrected chi connectivity index (χ0v) is 14.0. The summed E-state index contributed by atoms with van der Waals surface area (Å²) in [7, 11) is 0. The molecule has 0 radical (unpaired) electrons. The fourth-order valence-electron chi connectivity index (χ4n) is 2.01. The molecule has 122 valence electrons. The fraction of sp³-hybridized carbons (Fsp3) is 0.529. The highest BCUT2D eigenvalue weighted by molar-refractivity contribution is 5.96. The van der Waals surface area contributed by atoms with E-state index in [0.29, 0.717) is 11.6 Å². The third kappa shape index (κ3) is 5.39. The summed E-state index contributed by atoms with van der Waals surface area (Å²) >= 11 is 0. The van der Waals surface area contributed by atoms with Gasteiger partial charge >= 0.3 is 6.09 Å². The highest BCUT2D eigenvalue weighted by atomic mass is 16.5. The van der Waals surface area contributed by atoms with Gasteiger partial charge < -0.3 is 15.4 Å². The van der Waals surface area contributed by atoms with Crippen LogP contribution in [0.5, 0.6) is 0 Å². The maximum atomic E-state index is 12.3. The van der Waals surface area contributed by atoms with E-state index in [2.05, 4.69) is 24.5 Å². The van der Waals surface area contributed by atoms with Crippen LogP contribution in [0.1, 0.15) is 46.1 Å². The number of nitrogens with one attached hydrogen (secondary N) is 2. The van der Waals surface area contributed by atoms with Crippen molar-refractivity contribution in [2.45, 2.75) is 46.6 Å². The van der Waals surface area contributed by atoms with Crippen molar-refractivity contribution in [2.24, 2.45) is 5.92 Å². The van der Waals surface area contributed by atoms with E-state index >= 15 is 0 Å². The second-order valence-corrected chi connectivity index (χ2v) is 5.85. The minimum absolute atomic E-state index is 0.0423. The molecular weight excluding hydrogens is 280 g/mol. The molecule has 2 amide bonds. The molecule has 0 fully saturated rings. The van der Waals surface area contributed by atoms with Crippen molar-refractivity contribution in [1.29, 1.82) is 0 Å². The lowest BCUT2D eigenvalue weighted by Crippen LogP contribution is -2.47. The van der Waals surface area contributed by atoms with Crippen LogP contribution in [0.15, 0.2) is 24.3 Å². The predicted octanol–water partition coefficient (Wildman–Crippen LogP) is 3.52. The van der Waals surface area contributed by atoms with Crippen molar-refractivity contribution in [1.82, 2.24) is 5.32 Å². The Kier molecular flexibility index (Phi) is 6.89. The van der Waals surface area contributed by atoms with Crippen LogP contribution in [0.2, 0.25) is 0 Å². The predicted molar refractivity (Wildman–Crippen MR) is 87.9 cm³/mol. The number of rotatable bonds is 6. The maximum Gasteiger partial charge on any atom is 0.407 e. The SMILES string of the molecule is CCOC(=O)N[C@H](C(=O)Nc1ccc(C(C)C)cc1)C(C)C. The smallest absolute Gasteiger partial charge is 0.407 e.